The molecule has 19 heavy (non-hydrogen) atoms. The normalized spacial score (nSPS) is 10.4. The van der Waals surface area contributed by atoms with Crippen LogP contribution in [0.3, 0.4) is 0 Å². The molecule has 2 rings (SSSR count). The van der Waals surface area contributed by atoms with Crippen molar-refractivity contribution in [1.82, 2.24) is 0 Å². The van der Waals surface area contributed by atoms with Gasteiger partial charge in [0.25, 0.3) is 0 Å². The second kappa shape index (κ2) is 6.32. The lowest BCUT2D eigenvalue weighted by Gasteiger charge is -2.11. The maximum atomic E-state index is 13.6. The van der Waals surface area contributed by atoms with Crippen molar-refractivity contribution < 1.29 is 4.39 Å². The largest absolute Gasteiger partial charge is 0.389 e. The monoisotopic (exact) mass is 314 g/mol. The van der Waals surface area contributed by atoms with Gasteiger partial charge in [0.05, 0.1) is 9.90 Å². The van der Waals surface area contributed by atoms with Crippen LogP contribution < -0.4 is 11.1 Å². The Labute approximate surface area is 125 Å². The van der Waals surface area contributed by atoms with Crippen LogP contribution in [0.2, 0.25) is 4.34 Å². The highest BCUT2D eigenvalue weighted by atomic mass is 35.5. The van der Waals surface area contributed by atoms with Gasteiger partial charge in [-0.05, 0) is 30.7 Å². The van der Waals surface area contributed by atoms with E-state index in [0.717, 1.165) is 10.8 Å². The molecule has 0 fully saturated rings. The van der Waals surface area contributed by atoms with Gasteiger partial charge in [-0.1, -0.05) is 29.9 Å². The summed E-state index contributed by atoms with van der Waals surface area (Å²) in [6.07, 6.45) is 0.810. The molecule has 0 atom stereocenters. The van der Waals surface area contributed by atoms with Crippen LogP contribution in [0.15, 0.2) is 30.3 Å². The fraction of sp³-hybridized carbons (Fsp3) is 0.154. The average molecular weight is 315 g/mol. The van der Waals surface area contributed by atoms with Gasteiger partial charge >= 0.3 is 0 Å². The molecule has 0 aliphatic heterocycles. The standard InChI is InChI=1S/C13H12ClFN2S2/c14-11-5-4-8(19-11)6-7-17-10-3-1-2-9(15)12(10)13(16)18/h1-5,17H,6-7H2,(H2,16,18). The number of hydrogen-bond donors (Lipinski definition) is 2. The molecule has 0 bridgehead atoms. The van der Waals surface area contributed by atoms with E-state index in [2.05, 4.69) is 5.32 Å². The third-order valence-corrected chi connectivity index (χ3v) is 4.07. The van der Waals surface area contributed by atoms with Gasteiger partial charge in [-0.25, -0.2) is 4.39 Å². The zero-order chi connectivity index (χ0) is 13.8. The van der Waals surface area contributed by atoms with Gasteiger partial charge < -0.3 is 11.1 Å². The number of nitrogens with one attached hydrogen (secondary N) is 1. The topological polar surface area (TPSA) is 38.0 Å². The van der Waals surface area contributed by atoms with Crippen molar-refractivity contribution in [2.45, 2.75) is 6.42 Å². The summed E-state index contributed by atoms with van der Waals surface area (Å²) in [6.45, 7) is 0.663. The number of benzene rings is 1. The van der Waals surface area contributed by atoms with Gasteiger partial charge in [-0.15, -0.1) is 11.3 Å². The molecule has 1 aromatic carbocycles. The number of thiocarbonyl (C=S) groups is 1. The SMILES string of the molecule is NC(=S)c1c(F)cccc1NCCc1ccc(Cl)s1. The van der Waals surface area contributed by atoms with E-state index in [1.54, 1.807) is 12.1 Å². The summed E-state index contributed by atoms with van der Waals surface area (Å²) in [5.74, 6) is -0.406. The minimum atomic E-state index is -0.406. The number of halogens is 2. The Bertz CT molecular complexity index is 598. The van der Waals surface area contributed by atoms with Gasteiger partial charge in [0.15, 0.2) is 0 Å². The number of anilines is 1. The molecule has 0 saturated heterocycles. The van der Waals surface area contributed by atoms with E-state index in [4.69, 9.17) is 29.6 Å². The van der Waals surface area contributed by atoms with E-state index in [1.807, 2.05) is 12.1 Å². The molecule has 2 nitrogen and oxygen atoms in total. The average Bonchev–Trinajstić information content (AvgIpc) is 2.74. The Kier molecular flexibility index (Phi) is 4.74. The van der Waals surface area contributed by atoms with E-state index in [-0.39, 0.29) is 10.6 Å². The van der Waals surface area contributed by atoms with Gasteiger partial charge in [0, 0.05) is 17.1 Å². The van der Waals surface area contributed by atoms with E-state index in [0.29, 0.717) is 12.2 Å². The lowest BCUT2D eigenvalue weighted by Crippen LogP contribution is -2.16. The van der Waals surface area contributed by atoms with Crippen LogP contribution in [0.4, 0.5) is 10.1 Å². The molecule has 0 aliphatic rings. The Hall–Kier alpha value is -1.17. The van der Waals surface area contributed by atoms with Gasteiger partial charge in [0.2, 0.25) is 0 Å². The molecule has 0 unspecified atom stereocenters. The lowest BCUT2D eigenvalue weighted by molar-refractivity contribution is 0.626. The molecule has 2 aromatic rings. The molecule has 6 heteroatoms. The van der Waals surface area contributed by atoms with Crippen LogP contribution in [0, 0.1) is 5.82 Å². The molecule has 3 N–H and O–H groups in total. The molecule has 0 spiro atoms. The first kappa shape index (κ1) is 14.2. The van der Waals surface area contributed by atoms with Crippen LogP contribution in [-0.4, -0.2) is 11.5 Å². The quantitative estimate of drug-likeness (QED) is 0.824. The zero-order valence-electron chi connectivity index (χ0n) is 9.95. The Balaban J connectivity index is 2.03. The molecular formula is C13H12ClFN2S2. The second-order valence-corrected chi connectivity index (χ2v) is 6.15. The molecular weight excluding hydrogens is 303 g/mol. The fourth-order valence-corrected chi connectivity index (χ4v) is 3.02. The molecule has 1 heterocycles. The Morgan fingerprint density at radius 3 is 2.79 bits per heavy atom. The highest BCUT2D eigenvalue weighted by Gasteiger charge is 2.10. The predicted octanol–water partition coefficient (Wildman–Crippen LogP) is 3.83. The van der Waals surface area contributed by atoms with Gasteiger partial charge in [-0.2, -0.15) is 0 Å². The number of hydrogen-bond acceptors (Lipinski definition) is 3. The summed E-state index contributed by atoms with van der Waals surface area (Å²) in [5, 5.41) is 3.15. The van der Waals surface area contributed by atoms with Gasteiger partial charge in [-0.3, -0.25) is 0 Å². The summed E-state index contributed by atoms with van der Waals surface area (Å²) >= 11 is 12.3. The van der Waals surface area contributed by atoms with E-state index >= 15 is 0 Å². The van der Waals surface area contributed by atoms with Crippen molar-refractivity contribution in [2.24, 2.45) is 5.73 Å². The predicted molar refractivity (Wildman–Crippen MR) is 83.8 cm³/mol. The number of nitrogens with two attached hydrogens (primary N) is 1. The molecule has 0 amide bonds. The summed E-state index contributed by atoms with van der Waals surface area (Å²) in [6, 6.07) is 8.58. The Morgan fingerprint density at radius 1 is 1.37 bits per heavy atom. The molecule has 0 aliphatic carbocycles. The highest BCUT2D eigenvalue weighted by Crippen LogP contribution is 2.22. The first-order valence-electron chi connectivity index (χ1n) is 5.64. The smallest absolute Gasteiger partial charge is 0.135 e. The molecule has 1 aromatic heterocycles. The minimum Gasteiger partial charge on any atom is -0.389 e. The first-order chi connectivity index (χ1) is 9.08. The third kappa shape index (κ3) is 3.65. The van der Waals surface area contributed by atoms with Crippen LogP contribution in [-0.2, 0) is 6.42 Å². The van der Waals surface area contributed by atoms with E-state index in [1.165, 1.54) is 22.3 Å². The first-order valence-corrected chi connectivity index (χ1v) is 7.24. The van der Waals surface area contributed by atoms with Crippen molar-refractivity contribution >= 4 is 45.8 Å². The lowest BCUT2D eigenvalue weighted by atomic mass is 10.1. The zero-order valence-corrected chi connectivity index (χ0v) is 12.3. The van der Waals surface area contributed by atoms with Crippen LogP contribution in [0.25, 0.3) is 0 Å². The summed E-state index contributed by atoms with van der Waals surface area (Å²) in [7, 11) is 0. The van der Waals surface area contributed by atoms with Crippen molar-refractivity contribution in [3.8, 4) is 0 Å². The van der Waals surface area contributed by atoms with Crippen molar-refractivity contribution in [3.63, 3.8) is 0 Å². The number of rotatable bonds is 5. The van der Waals surface area contributed by atoms with E-state index < -0.39 is 5.82 Å². The summed E-state index contributed by atoms with van der Waals surface area (Å²) in [5.41, 5.74) is 6.42. The molecule has 0 radical (unpaired) electrons. The van der Waals surface area contributed by atoms with Crippen LogP contribution in [0.5, 0.6) is 0 Å². The van der Waals surface area contributed by atoms with Crippen molar-refractivity contribution in [2.75, 3.05) is 11.9 Å². The molecule has 100 valence electrons. The fourth-order valence-electron chi connectivity index (χ4n) is 1.73. The van der Waals surface area contributed by atoms with E-state index in [9.17, 15) is 4.39 Å². The maximum absolute atomic E-state index is 13.6. The molecule has 0 saturated carbocycles. The second-order valence-electron chi connectivity index (χ2n) is 3.91. The minimum absolute atomic E-state index is 0.0553. The Morgan fingerprint density at radius 2 is 2.16 bits per heavy atom. The third-order valence-electron chi connectivity index (χ3n) is 2.58. The van der Waals surface area contributed by atoms with Crippen molar-refractivity contribution in [3.05, 3.63) is 50.9 Å². The number of thiophene rings is 1. The maximum Gasteiger partial charge on any atom is 0.135 e. The highest BCUT2D eigenvalue weighted by molar-refractivity contribution is 7.80. The summed E-state index contributed by atoms with van der Waals surface area (Å²) in [4.78, 5) is 1.23. The van der Waals surface area contributed by atoms with Crippen molar-refractivity contribution in [1.29, 1.82) is 0 Å². The summed E-state index contributed by atoms with van der Waals surface area (Å²) < 4.78 is 14.4. The van der Waals surface area contributed by atoms with Crippen LogP contribution >= 0.6 is 35.2 Å². The van der Waals surface area contributed by atoms with Crippen LogP contribution in [0.1, 0.15) is 10.4 Å². The van der Waals surface area contributed by atoms with Gasteiger partial charge in [0.1, 0.15) is 10.8 Å².